The SMILES string of the molecule is COc1cc(NNC(=O)[C@@H]2CC(=O)N(c3ccc(F)cc3)C2)cc(Cl)c1OCc1ccccc1. The van der Waals surface area contributed by atoms with Crippen molar-refractivity contribution in [3.05, 3.63) is 83.1 Å². The van der Waals surface area contributed by atoms with E-state index in [1.807, 2.05) is 30.3 Å². The molecule has 4 rings (SSSR count). The zero-order valence-electron chi connectivity index (χ0n) is 18.4. The highest BCUT2D eigenvalue weighted by molar-refractivity contribution is 6.32. The van der Waals surface area contributed by atoms with Gasteiger partial charge in [-0.3, -0.25) is 20.4 Å². The first-order valence-electron chi connectivity index (χ1n) is 10.6. The second kappa shape index (κ2) is 10.4. The topological polar surface area (TPSA) is 79.9 Å². The molecule has 1 aliphatic rings. The molecule has 9 heteroatoms. The van der Waals surface area contributed by atoms with Gasteiger partial charge < -0.3 is 14.4 Å². The van der Waals surface area contributed by atoms with Gasteiger partial charge in [0.25, 0.3) is 0 Å². The van der Waals surface area contributed by atoms with Gasteiger partial charge in [0.2, 0.25) is 11.8 Å². The van der Waals surface area contributed by atoms with Crippen LogP contribution in [0.4, 0.5) is 15.8 Å². The molecule has 1 atom stereocenters. The van der Waals surface area contributed by atoms with E-state index in [0.717, 1.165) is 5.56 Å². The van der Waals surface area contributed by atoms with Crippen LogP contribution in [0.25, 0.3) is 0 Å². The fourth-order valence-corrected chi connectivity index (χ4v) is 3.92. The number of rotatable bonds is 8. The van der Waals surface area contributed by atoms with Gasteiger partial charge in [0.1, 0.15) is 12.4 Å². The molecule has 0 spiro atoms. The summed E-state index contributed by atoms with van der Waals surface area (Å²) in [6.07, 6.45) is 0.0568. The molecule has 34 heavy (non-hydrogen) atoms. The Morgan fingerprint density at radius 1 is 1.15 bits per heavy atom. The van der Waals surface area contributed by atoms with Crippen LogP contribution in [0.1, 0.15) is 12.0 Å². The van der Waals surface area contributed by atoms with Crippen molar-refractivity contribution in [1.82, 2.24) is 5.43 Å². The Labute approximate surface area is 201 Å². The third-order valence-corrected chi connectivity index (χ3v) is 5.70. The van der Waals surface area contributed by atoms with Gasteiger partial charge >= 0.3 is 0 Å². The molecule has 0 aromatic heterocycles. The van der Waals surface area contributed by atoms with Gasteiger partial charge in [-0.05, 0) is 35.9 Å². The normalized spacial score (nSPS) is 15.2. The number of halogens is 2. The van der Waals surface area contributed by atoms with E-state index in [9.17, 15) is 14.0 Å². The van der Waals surface area contributed by atoms with Crippen LogP contribution in [0.3, 0.4) is 0 Å². The van der Waals surface area contributed by atoms with Crippen molar-refractivity contribution in [2.75, 3.05) is 24.0 Å². The minimum Gasteiger partial charge on any atom is -0.493 e. The summed E-state index contributed by atoms with van der Waals surface area (Å²) >= 11 is 6.40. The first-order valence-corrected chi connectivity index (χ1v) is 11.0. The van der Waals surface area contributed by atoms with Crippen LogP contribution in [0.5, 0.6) is 11.5 Å². The second-order valence-corrected chi connectivity index (χ2v) is 8.17. The molecule has 1 saturated heterocycles. The highest BCUT2D eigenvalue weighted by Gasteiger charge is 2.35. The van der Waals surface area contributed by atoms with Gasteiger partial charge in [-0.15, -0.1) is 0 Å². The highest BCUT2D eigenvalue weighted by atomic mass is 35.5. The zero-order chi connectivity index (χ0) is 24.1. The van der Waals surface area contributed by atoms with E-state index < -0.39 is 5.92 Å². The standard InChI is InChI=1S/C25H23ClFN3O4/c1-33-22-13-19(12-21(26)24(22)34-15-16-5-3-2-4-6-16)28-29-25(32)17-11-23(31)30(14-17)20-9-7-18(27)8-10-20/h2-10,12-13,17,28H,11,14-15H2,1H3,(H,29,32)/t17-/m1/s1. The van der Waals surface area contributed by atoms with Crippen LogP contribution in [-0.4, -0.2) is 25.5 Å². The van der Waals surface area contributed by atoms with E-state index in [-0.39, 0.29) is 30.6 Å². The molecule has 0 bridgehead atoms. The van der Waals surface area contributed by atoms with Crippen molar-refractivity contribution in [3.8, 4) is 11.5 Å². The molecular formula is C25H23ClFN3O4. The Morgan fingerprint density at radius 2 is 1.88 bits per heavy atom. The predicted octanol–water partition coefficient (Wildman–Crippen LogP) is 4.56. The summed E-state index contributed by atoms with van der Waals surface area (Å²) in [5.74, 6) is -0.704. The minimum atomic E-state index is -0.559. The molecule has 0 aliphatic carbocycles. The lowest BCUT2D eigenvalue weighted by Gasteiger charge is -2.18. The summed E-state index contributed by atoms with van der Waals surface area (Å²) in [7, 11) is 1.50. The van der Waals surface area contributed by atoms with Crippen LogP contribution in [-0.2, 0) is 16.2 Å². The number of nitrogens with one attached hydrogen (secondary N) is 2. The number of amides is 2. The first kappa shape index (κ1) is 23.4. The predicted molar refractivity (Wildman–Crippen MR) is 127 cm³/mol. The third-order valence-electron chi connectivity index (χ3n) is 5.42. The molecule has 1 aliphatic heterocycles. The van der Waals surface area contributed by atoms with Crippen molar-refractivity contribution in [3.63, 3.8) is 0 Å². The average Bonchev–Trinajstić information content (AvgIpc) is 3.24. The lowest BCUT2D eigenvalue weighted by atomic mass is 10.1. The van der Waals surface area contributed by atoms with Crippen molar-refractivity contribution in [2.24, 2.45) is 5.92 Å². The lowest BCUT2D eigenvalue weighted by Crippen LogP contribution is -2.36. The molecule has 3 aromatic rings. The van der Waals surface area contributed by atoms with Gasteiger partial charge in [0, 0.05) is 24.7 Å². The van der Waals surface area contributed by atoms with E-state index in [0.29, 0.717) is 34.5 Å². The van der Waals surface area contributed by atoms with Crippen LogP contribution >= 0.6 is 11.6 Å². The summed E-state index contributed by atoms with van der Waals surface area (Å²) in [5, 5.41) is 0.311. The summed E-state index contributed by atoms with van der Waals surface area (Å²) in [6.45, 7) is 0.523. The molecule has 1 heterocycles. The molecule has 2 N–H and O–H groups in total. The lowest BCUT2D eigenvalue weighted by molar-refractivity contribution is -0.125. The summed E-state index contributed by atoms with van der Waals surface area (Å²) in [5.41, 5.74) is 7.45. The van der Waals surface area contributed by atoms with Crippen LogP contribution < -0.4 is 25.2 Å². The van der Waals surface area contributed by atoms with E-state index in [2.05, 4.69) is 10.9 Å². The van der Waals surface area contributed by atoms with Crippen LogP contribution in [0.15, 0.2) is 66.7 Å². The molecule has 7 nitrogen and oxygen atoms in total. The maximum absolute atomic E-state index is 13.2. The fourth-order valence-electron chi connectivity index (χ4n) is 3.65. The monoisotopic (exact) mass is 483 g/mol. The number of hydrogen-bond acceptors (Lipinski definition) is 5. The summed E-state index contributed by atoms with van der Waals surface area (Å²) in [4.78, 5) is 26.5. The van der Waals surface area contributed by atoms with E-state index in [1.54, 1.807) is 12.1 Å². The van der Waals surface area contributed by atoms with E-state index >= 15 is 0 Å². The zero-order valence-corrected chi connectivity index (χ0v) is 19.1. The minimum absolute atomic E-state index is 0.0568. The highest BCUT2D eigenvalue weighted by Crippen LogP contribution is 2.38. The molecule has 0 radical (unpaired) electrons. The summed E-state index contributed by atoms with van der Waals surface area (Å²) in [6, 6.07) is 18.5. The van der Waals surface area contributed by atoms with Gasteiger partial charge in [-0.2, -0.15) is 0 Å². The van der Waals surface area contributed by atoms with Crippen LogP contribution in [0.2, 0.25) is 5.02 Å². The Balaban J connectivity index is 1.37. The summed E-state index contributed by atoms with van der Waals surface area (Å²) < 4.78 is 24.4. The number of nitrogens with zero attached hydrogens (tertiary/aromatic N) is 1. The second-order valence-electron chi connectivity index (χ2n) is 7.76. The molecule has 0 unspecified atom stereocenters. The third kappa shape index (κ3) is 5.40. The van der Waals surface area contributed by atoms with Crippen molar-refractivity contribution >= 4 is 34.8 Å². The van der Waals surface area contributed by atoms with Crippen LogP contribution in [0, 0.1) is 11.7 Å². The molecule has 1 fully saturated rings. The number of hydrazine groups is 1. The number of carbonyl (C=O) groups excluding carboxylic acids is 2. The Hall–Kier alpha value is -3.78. The first-order chi connectivity index (χ1) is 16.4. The van der Waals surface area contributed by atoms with Crippen molar-refractivity contribution in [2.45, 2.75) is 13.0 Å². The van der Waals surface area contributed by atoms with Gasteiger partial charge in [0.05, 0.1) is 23.7 Å². The Morgan fingerprint density at radius 3 is 2.59 bits per heavy atom. The fraction of sp³-hybridized carbons (Fsp3) is 0.200. The maximum atomic E-state index is 13.2. The largest absolute Gasteiger partial charge is 0.493 e. The molecule has 0 saturated carbocycles. The van der Waals surface area contributed by atoms with E-state index in [1.165, 1.54) is 36.3 Å². The average molecular weight is 484 g/mol. The van der Waals surface area contributed by atoms with Crippen molar-refractivity contribution < 1.29 is 23.5 Å². The van der Waals surface area contributed by atoms with Gasteiger partial charge in [-0.25, -0.2) is 4.39 Å². The Bertz CT molecular complexity index is 1170. The van der Waals surface area contributed by atoms with Crippen molar-refractivity contribution in [1.29, 1.82) is 0 Å². The quantitative estimate of drug-likeness (QED) is 0.459. The number of benzene rings is 3. The molecular weight excluding hydrogens is 461 g/mol. The number of ether oxygens (including phenoxy) is 2. The Kier molecular flexibility index (Phi) is 7.18. The molecule has 2 amide bonds. The molecule has 3 aromatic carbocycles. The van der Waals surface area contributed by atoms with Gasteiger partial charge in [-0.1, -0.05) is 41.9 Å². The maximum Gasteiger partial charge on any atom is 0.243 e. The number of anilines is 2. The number of carbonyl (C=O) groups is 2. The smallest absolute Gasteiger partial charge is 0.243 e. The van der Waals surface area contributed by atoms with Gasteiger partial charge in [0.15, 0.2) is 11.5 Å². The molecule has 176 valence electrons. The number of methoxy groups -OCH3 is 1. The number of hydrogen-bond donors (Lipinski definition) is 2. The van der Waals surface area contributed by atoms with E-state index in [4.69, 9.17) is 21.1 Å².